The summed E-state index contributed by atoms with van der Waals surface area (Å²) in [6.07, 6.45) is -1.33. The number of carboxylic acid groups (broad SMARTS) is 1. The predicted octanol–water partition coefficient (Wildman–Crippen LogP) is -2.08. The second kappa shape index (κ2) is 7.17. The molecule has 0 aromatic rings. The average Bonchev–Trinajstić information content (AvgIpc) is 3.25. The van der Waals surface area contributed by atoms with Gasteiger partial charge in [0.2, 0.25) is 11.6 Å². The molecule has 154 valence electrons. The quantitative estimate of drug-likeness (QED) is 0.255. The van der Waals surface area contributed by atoms with Crippen LogP contribution >= 0.6 is 0 Å². The Morgan fingerprint density at radius 1 is 1.36 bits per heavy atom. The number of amides is 1. The number of hydrogen-bond acceptors (Lipinski definition) is 9. The number of carbonyl (C=O) groups excluding carboxylic acids is 2. The molecule has 11 heteroatoms. The number of nitrogens with one attached hydrogen (secondary N) is 1. The van der Waals surface area contributed by atoms with Crippen LogP contribution in [0.25, 0.3) is 0 Å². The van der Waals surface area contributed by atoms with Gasteiger partial charge in [0.25, 0.3) is 0 Å². The molecule has 0 radical (unpaired) electrons. The third-order valence-corrected chi connectivity index (χ3v) is 5.50. The van der Waals surface area contributed by atoms with Gasteiger partial charge in [-0.15, -0.1) is 0 Å². The second-order valence-corrected chi connectivity index (χ2v) is 6.84. The number of nitrogens with zero attached hydrogens (tertiary/aromatic N) is 1. The molecule has 0 bridgehead atoms. The van der Waals surface area contributed by atoms with Gasteiger partial charge in [0.05, 0.1) is 30.9 Å². The summed E-state index contributed by atoms with van der Waals surface area (Å²) < 4.78 is 11.1. The number of nitrogens with two attached hydrogens (primary N) is 1. The molecular weight excluding hydrogens is 374 g/mol. The van der Waals surface area contributed by atoms with Gasteiger partial charge in [-0.3, -0.25) is 9.59 Å². The standard InChI is InChI=1S/C16H20N2O6.CH3NO2/c1-7-12(21)11-10(13(22)14(7)24-4-3-19)8(6-20)16(23-2)15-9(17-15)5-18(11)16;2-1(3)4/h8-9,15,17,19-20H,3-6H2,1-2H3;2H2,(H,3,4). The van der Waals surface area contributed by atoms with Gasteiger partial charge >= 0.3 is 6.09 Å². The van der Waals surface area contributed by atoms with Gasteiger partial charge < -0.3 is 40.7 Å². The summed E-state index contributed by atoms with van der Waals surface area (Å²) in [6.45, 7) is 1.48. The third kappa shape index (κ3) is 2.70. The predicted molar refractivity (Wildman–Crippen MR) is 92.7 cm³/mol. The molecule has 3 aliphatic heterocycles. The van der Waals surface area contributed by atoms with Crippen LogP contribution in [0.5, 0.6) is 0 Å². The molecule has 0 aromatic heterocycles. The summed E-state index contributed by atoms with van der Waals surface area (Å²) in [5.41, 5.74) is 3.92. The van der Waals surface area contributed by atoms with Crippen molar-refractivity contribution in [1.29, 1.82) is 0 Å². The molecule has 2 saturated heterocycles. The number of primary amides is 1. The number of carbonyl (C=O) groups is 3. The lowest BCUT2D eigenvalue weighted by atomic mass is 9.83. The van der Waals surface area contributed by atoms with E-state index in [1.54, 1.807) is 6.92 Å². The molecule has 6 N–H and O–H groups in total. The van der Waals surface area contributed by atoms with Gasteiger partial charge in [-0.25, -0.2) is 4.79 Å². The van der Waals surface area contributed by atoms with Crippen molar-refractivity contribution < 1.29 is 39.2 Å². The maximum Gasteiger partial charge on any atom is 0.402 e. The number of ether oxygens (including phenoxy) is 2. The zero-order valence-corrected chi connectivity index (χ0v) is 15.5. The summed E-state index contributed by atoms with van der Waals surface area (Å²) in [5.74, 6) is -1.35. The van der Waals surface area contributed by atoms with Gasteiger partial charge in [0.1, 0.15) is 6.61 Å². The van der Waals surface area contributed by atoms with Gasteiger partial charge in [0.15, 0.2) is 11.5 Å². The molecule has 1 aliphatic carbocycles. The van der Waals surface area contributed by atoms with Gasteiger partial charge in [-0.2, -0.15) is 0 Å². The highest BCUT2D eigenvalue weighted by Crippen LogP contribution is 2.55. The molecule has 4 atom stereocenters. The van der Waals surface area contributed by atoms with Crippen molar-refractivity contribution in [3.05, 3.63) is 22.6 Å². The molecule has 0 spiro atoms. The Balaban J connectivity index is 0.000000516. The summed E-state index contributed by atoms with van der Waals surface area (Å²) in [5, 5.41) is 29.4. The van der Waals surface area contributed by atoms with Crippen LogP contribution in [0.3, 0.4) is 0 Å². The van der Waals surface area contributed by atoms with E-state index in [1.165, 1.54) is 7.11 Å². The zero-order valence-electron chi connectivity index (χ0n) is 15.5. The van der Waals surface area contributed by atoms with E-state index in [0.717, 1.165) is 0 Å². The molecule has 4 rings (SSSR count). The van der Waals surface area contributed by atoms with E-state index in [1.807, 2.05) is 4.90 Å². The Bertz CT molecular complexity index is 787. The number of allylic oxidation sites excluding steroid dienone is 2. The van der Waals surface area contributed by atoms with Crippen LogP contribution < -0.4 is 11.1 Å². The Morgan fingerprint density at radius 2 is 2.00 bits per heavy atom. The van der Waals surface area contributed by atoms with E-state index < -0.39 is 23.5 Å². The van der Waals surface area contributed by atoms with Gasteiger partial charge in [-0.05, 0) is 6.92 Å². The topological polar surface area (TPSA) is 182 Å². The first kappa shape index (κ1) is 20.3. The molecular formula is C17H23N3O8. The molecule has 3 heterocycles. The van der Waals surface area contributed by atoms with Gasteiger partial charge in [-0.1, -0.05) is 0 Å². The molecule has 4 aliphatic rings. The first-order valence-corrected chi connectivity index (χ1v) is 8.72. The first-order valence-electron chi connectivity index (χ1n) is 8.72. The molecule has 2 fully saturated rings. The SMILES string of the molecule is COC12C(CO)C3=C(C(=O)C(C)=C(OCCO)C3=O)N1CC1NC12.NC(=O)O. The van der Waals surface area contributed by atoms with E-state index in [4.69, 9.17) is 24.5 Å². The van der Waals surface area contributed by atoms with Crippen LogP contribution in [0.1, 0.15) is 6.92 Å². The Morgan fingerprint density at radius 3 is 2.54 bits per heavy atom. The maximum absolute atomic E-state index is 13.0. The van der Waals surface area contributed by atoms with E-state index >= 15 is 0 Å². The molecule has 0 saturated carbocycles. The van der Waals surface area contributed by atoms with Crippen molar-refractivity contribution in [1.82, 2.24) is 10.2 Å². The number of methoxy groups -OCH3 is 1. The number of fused-ring (bicyclic) bond motifs is 4. The number of hydrogen-bond donors (Lipinski definition) is 5. The number of ketones is 2. The van der Waals surface area contributed by atoms with Crippen molar-refractivity contribution in [2.45, 2.75) is 24.7 Å². The lowest BCUT2D eigenvalue weighted by Crippen LogP contribution is -2.54. The van der Waals surface area contributed by atoms with Crippen LogP contribution in [0.15, 0.2) is 22.6 Å². The highest BCUT2D eigenvalue weighted by atomic mass is 16.5. The Kier molecular flexibility index (Phi) is 5.19. The van der Waals surface area contributed by atoms with Crippen LogP contribution in [0.2, 0.25) is 0 Å². The molecule has 28 heavy (non-hydrogen) atoms. The monoisotopic (exact) mass is 397 g/mol. The fraction of sp³-hybridized carbons (Fsp3) is 0.588. The zero-order chi connectivity index (χ0) is 20.8. The van der Waals surface area contributed by atoms with Crippen LogP contribution in [0.4, 0.5) is 4.79 Å². The van der Waals surface area contributed by atoms with Crippen LogP contribution in [0, 0.1) is 5.92 Å². The highest BCUT2D eigenvalue weighted by Gasteiger charge is 2.72. The van der Waals surface area contributed by atoms with Crippen molar-refractivity contribution in [2.75, 3.05) is 33.5 Å². The maximum atomic E-state index is 13.0. The summed E-state index contributed by atoms with van der Waals surface area (Å²) in [6, 6.07) is 0.181. The number of Topliss-reactive ketones (excluding diaryl/α,β-unsaturated/α-hetero) is 2. The summed E-state index contributed by atoms with van der Waals surface area (Å²) in [7, 11) is 1.54. The molecule has 4 unspecified atom stereocenters. The number of aliphatic hydroxyl groups excluding tert-OH is 2. The Labute approximate surface area is 160 Å². The normalized spacial score (nSPS) is 32.6. The van der Waals surface area contributed by atoms with E-state index in [-0.39, 0.29) is 54.6 Å². The Hall–Kier alpha value is -2.47. The minimum Gasteiger partial charge on any atom is -0.487 e. The van der Waals surface area contributed by atoms with E-state index in [9.17, 15) is 14.7 Å². The lowest BCUT2D eigenvalue weighted by molar-refractivity contribution is -0.137. The van der Waals surface area contributed by atoms with Crippen LogP contribution in [-0.2, 0) is 19.1 Å². The fourth-order valence-electron chi connectivity index (χ4n) is 4.44. The third-order valence-electron chi connectivity index (χ3n) is 5.50. The van der Waals surface area contributed by atoms with Crippen molar-refractivity contribution in [3.8, 4) is 0 Å². The van der Waals surface area contributed by atoms with Crippen molar-refractivity contribution in [3.63, 3.8) is 0 Å². The first-order chi connectivity index (χ1) is 13.3. The summed E-state index contributed by atoms with van der Waals surface area (Å²) in [4.78, 5) is 36.5. The van der Waals surface area contributed by atoms with Crippen molar-refractivity contribution >= 4 is 17.7 Å². The van der Waals surface area contributed by atoms with Crippen molar-refractivity contribution in [2.24, 2.45) is 11.7 Å². The minimum atomic E-state index is -1.33. The largest absolute Gasteiger partial charge is 0.487 e. The molecule has 11 nitrogen and oxygen atoms in total. The smallest absolute Gasteiger partial charge is 0.402 e. The van der Waals surface area contributed by atoms with E-state index in [0.29, 0.717) is 12.2 Å². The lowest BCUT2D eigenvalue weighted by Gasteiger charge is -2.39. The van der Waals surface area contributed by atoms with E-state index in [2.05, 4.69) is 11.1 Å². The molecule has 0 aromatic carbocycles. The minimum absolute atomic E-state index is 0.0204. The highest BCUT2D eigenvalue weighted by molar-refractivity contribution is 6.25. The number of piperazine rings is 1. The average molecular weight is 397 g/mol. The molecule has 1 amide bonds. The second-order valence-electron chi connectivity index (χ2n) is 6.84. The number of rotatable bonds is 5. The van der Waals surface area contributed by atoms with Crippen LogP contribution in [-0.4, -0.2) is 89.2 Å². The summed E-state index contributed by atoms with van der Waals surface area (Å²) >= 11 is 0. The fourth-order valence-corrected chi connectivity index (χ4v) is 4.44. The van der Waals surface area contributed by atoms with Gasteiger partial charge in [0, 0.05) is 30.8 Å². The number of aliphatic hydroxyl groups is 2.